The zero-order valence-electron chi connectivity index (χ0n) is 11.2. The number of terminal acetylenes is 1. The molecule has 1 heterocycles. The van der Waals surface area contributed by atoms with Crippen LogP contribution < -0.4 is 10.6 Å². The third kappa shape index (κ3) is 4.45. The number of carboxylic acids is 1. The minimum atomic E-state index is -1.10. The van der Waals surface area contributed by atoms with Crippen LogP contribution in [-0.2, 0) is 4.79 Å². The SMILES string of the molecule is C#CCC(NC(=O)N(CC)C1CCNCC1)C(=O)O. The first-order chi connectivity index (χ1) is 9.10. The minimum Gasteiger partial charge on any atom is -0.480 e. The quantitative estimate of drug-likeness (QED) is 0.624. The van der Waals surface area contributed by atoms with Crippen LogP contribution in [0.3, 0.4) is 0 Å². The lowest BCUT2D eigenvalue weighted by atomic mass is 10.1. The third-order valence-corrected chi connectivity index (χ3v) is 3.27. The first kappa shape index (κ1) is 15.3. The molecule has 0 aromatic rings. The van der Waals surface area contributed by atoms with E-state index in [1.807, 2.05) is 6.92 Å². The van der Waals surface area contributed by atoms with Crippen molar-refractivity contribution < 1.29 is 14.7 Å². The monoisotopic (exact) mass is 267 g/mol. The van der Waals surface area contributed by atoms with Crippen molar-refractivity contribution >= 4 is 12.0 Å². The van der Waals surface area contributed by atoms with Crippen LogP contribution in [0, 0.1) is 12.3 Å². The molecule has 1 aliphatic rings. The molecule has 2 amide bonds. The molecule has 3 N–H and O–H groups in total. The van der Waals surface area contributed by atoms with Gasteiger partial charge in [-0.25, -0.2) is 9.59 Å². The van der Waals surface area contributed by atoms with Crippen molar-refractivity contribution in [3.63, 3.8) is 0 Å². The highest BCUT2D eigenvalue weighted by molar-refractivity contribution is 5.83. The van der Waals surface area contributed by atoms with E-state index < -0.39 is 12.0 Å². The molecule has 1 unspecified atom stereocenters. The second-order valence-corrected chi connectivity index (χ2v) is 4.52. The smallest absolute Gasteiger partial charge is 0.327 e. The Morgan fingerprint density at radius 1 is 1.53 bits per heavy atom. The molecular formula is C13H21N3O3. The number of hydrogen-bond donors (Lipinski definition) is 3. The lowest BCUT2D eigenvalue weighted by molar-refractivity contribution is -0.139. The molecule has 0 aromatic carbocycles. The Kier molecular flexibility index (Phi) is 6.16. The normalized spacial score (nSPS) is 17.3. The fourth-order valence-corrected chi connectivity index (χ4v) is 2.24. The number of carbonyl (C=O) groups excluding carboxylic acids is 1. The molecule has 1 fully saturated rings. The summed E-state index contributed by atoms with van der Waals surface area (Å²) in [6.45, 7) is 4.19. The zero-order valence-corrected chi connectivity index (χ0v) is 11.2. The van der Waals surface area contributed by atoms with Crippen molar-refractivity contribution in [2.45, 2.75) is 38.3 Å². The maximum atomic E-state index is 12.1. The molecule has 0 saturated carbocycles. The lowest BCUT2D eigenvalue weighted by Crippen LogP contribution is -2.53. The molecule has 6 heteroatoms. The van der Waals surface area contributed by atoms with Crippen LogP contribution in [-0.4, -0.2) is 53.7 Å². The van der Waals surface area contributed by atoms with E-state index in [0.29, 0.717) is 6.54 Å². The number of urea groups is 1. The largest absolute Gasteiger partial charge is 0.480 e. The van der Waals surface area contributed by atoms with E-state index in [2.05, 4.69) is 16.6 Å². The van der Waals surface area contributed by atoms with E-state index >= 15 is 0 Å². The second kappa shape index (κ2) is 7.64. The molecule has 106 valence electrons. The van der Waals surface area contributed by atoms with Gasteiger partial charge in [0.25, 0.3) is 0 Å². The number of nitrogens with one attached hydrogen (secondary N) is 2. The van der Waals surface area contributed by atoms with Crippen molar-refractivity contribution in [3.05, 3.63) is 0 Å². The Balaban J connectivity index is 2.62. The molecule has 6 nitrogen and oxygen atoms in total. The highest BCUT2D eigenvalue weighted by Crippen LogP contribution is 2.12. The van der Waals surface area contributed by atoms with Crippen molar-refractivity contribution in [1.29, 1.82) is 0 Å². The van der Waals surface area contributed by atoms with E-state index in [4.69, 9.17) is 11.5 Å². The fourth-order valence-electron chi connectivity index (χ4n) is 2.24. The predicted octanol–water partition coefficient (Wildman–Crippen LogP) is 0.246. The molecule has 0 radical (unpaired) electrons. The minimum absolute atomic E-state index is 0.00908. The van der Waals surface area contributed by atoms with Gasteiger partial charge in [0, 0.05) is 19.0 Å². The van der Waals surface area contributed by atoms with Crippen LogP contribution in [0.25, 0.3) is 0 Å². The fraction of sp³-hybridized carbons (Fsp3) is 0.692. The van der Waals surface area contributed by atoms with Gasteiger partial charge in [-0.2, -0.15) is 0 Å². The molecule has 0 bridgehead atoms. The summed E-state index contributed by atoms with van der Waals surface area (Å²) in [5, 5.41) is 14.7. The topological polar surface area (TPSA) is 81.7 Å². The van der Waals surface area contributed by atoms with Crippen molar-refractivity contribution in [2.24, 2.45) is 0 Å². The highest BCUT2D eigenvalue weighted by Gasteiger charge is 2.27. The zero-order chi connectivity index (χ0) is 14.3. The molecule has 1 rings (SSSR count). The molecule has 0 aromatic heterocycles. The number of rotatable bonds is 5. The van der Waals surface area contributed by atoms with Crippen LogP contribution >= 0.6 is 0 Å². The average molecular weight is 267 g/mol. The maximum absolute atomic E-state index is 12.1. The summed E-state index contributed by atoms with van der Waals surface area (Å²) >= 11 is 0. The highest BCUT2D eigenvalue weighted by atomic mass is 16.4. The lowest BCUT2D eigenvalue weighted by Gasteiger charge is -2.34. The van der Waals surface area contributed by atoms with Gasteiger partial charge >= 0.3 is 12.0 Å². The van der Waals surface area contributed by atoms with Gasteiger partial charge in [-0.15, -0.1) is 12.3 Å². The first-order valence-corrected chi connectivity index (χ1v) is 6.54. The summed E-state index contributed by atoms with van der Waals surface area (Å²) in [7, 11) is 0. The molecule has 19 heavy (non-hydrogen) atoms. The number of aliphatic carboxylic acids is 1. The van der Waals surface area contributed by atoms with E-state index in [-0.39, 0.29) is 18.5 Å². The van der Waals surface area contributed by atoms with Gasteiger partial charge in [0.2, 0.25) is 0 Å². The van der Waals surface area contributed by atoms with Gasteiger partial charge in [-0.3, -0.25) is 0 Å². The average Bonchev–Trinajstić information content (AvgIpc) is 2.40. The van der Waals surface area contributed by atoms with Gasteiger partial charge in [-0.05, 0) is 32.9 Å². The molecule has 1 atom stereocenters. The van der Waals surface area contributed by atoms with E-state index in [1.165, 1.54) is 0 Å². The summed E-state index contributed by atoms with van der Waals surface area (Å²) in [6, 6.07) is -1.21. The van der Waals surface area contributed by atoms with Crippen LogP contribution in [0.1, 0.15) is 26.2 Å². The van der Waals surface area contributed by atoms with Gasteiger partial charge in [0.05, 0.1) is 0 Å². The van der Waals surface area contributed by atoms with Crippen molar-refractivity contribution in [2.75, 3.05) is 19.6 Å². The number of carbonyl (C=O) groups is 2. The number of amides is 2. The summed E-state index contributed by atoms with van der Waals surface area (Å²) in [5.41, 5.74) is 0. The Morgan fingerprint density at radius 2 is 2.16 bits per heavy atom. The maximum Gasteiger partial charge on any atom is 0.327 e. The van der Waals surface area contributed by atoms with Crippen LogP contribution in [0.2, 0.25) is 0 Å². The Labute approximate surface area is 113 Å². The Morgan fingerprint density at radius 3 is 2.63 bits per heavy atom. The number of nitrogens with zero attached hydrogens (tertiary/aromatic N) is 1. The Hall–Kier alpha value is -1.74. The van der Waals surface area contributed by atoms with Gasteiger partial charge in [0.15, 0.2) is 0 Å². The third-order valence-electron chi connectivity index (χ3n) is 3.27. The van der Waals surface area contributed by atoms with E-state index in [9.17, 15) is 9.59 Å². The molecule has 1 saturated heterocycles. The van der Waals surface area contributed by atoms with E-state index in [0.717, 1.165) is 25.9 Å². The summed E-state index contributed by atoms with van der Waals surface area (Å²) in [4.78, 5) is 24.8. The van der Waals surface area contributed by atoms with Gasteiger partial charge in [0.1, 0.15) is 6.04 Å². The number of carboxylic acid groups (broad SMARTS) is 1. The second-order valence-electron chi connectivity index (χ2n) is 4.52. The predicted molar refractivity (Wildman–Crippen MR) is 71.7 cm³/mol. The van der Waals surface area contributed by atoms with Gasteiger partial charge < -0.3 is 20.6 Å². The molecule has 0 aliphatic carbocycles. The molecule has 1 aliphatic heterocycles. The van der Waals surface area contributed by atoms with Crippen LogP contribution in [0.4, 0.5) is 4.79 Å². The van der Waals surface area contributed by atoms with Crippen molar-refractivity contribution in [1.82, 2.24) is 15.5 Å². The number of piperidine rings is 1. The molecule has 0 spiro atoms. The molecular weight excluding hydrogens is 246 g/mol. The van der Waals surface area contributed by atoms with Crippen LogP contribution in [0.15, 0.2) is 0 Å². The summed E-state index contributed by atoms with van der Waals surface area (Å²) in [5.74, 6) is 1.16. The van der Waals surface area contributed by atoms with E-state index in [1.54, 1.807) is 4.90 Å². The summed E-state index contributed by atoms with van der Waals surface area (Å²) in [6.07, 6.45) is 6.86. The standard InChI is InChI=1S/C13H21N3O3/c1-3-5-11(12(17)18)15-13(19)16(4-2)10-6-8-14-9-7-10/h1,10-11,14H,4-9H2,2H3,(H,15,19)(H,17,18). The number of hydrogen-bond acceptors (Lipinski definition) is 3. The summed E-state index contributed by atoms with van der Waals surface area (Å²) < 4.78 is 0. The van der Waals surface area contributed by atoms with Crippen molar-refractivity contribution in [3.8, 4) is 12.3 Å². The Bertz CT molecular complexity index is 359. The first-order valence-electron chi connectivity index (χ1n) is 6.54. The van der Waals surface area contributed by atoms with Crippen LogP contribution in [0.5, 0.6) is 0 Å². The van der Waals surface area contributed by atoms with Gasteiger partial charge in [-0.1, -0.05) is 0 Å².